The van der Waals surface area contributed by atoms with Gasteiger partial charge in [0.2, 0.25) is 23.6 Å². The van der Waals surface area contributed by atoms with Crippen LogP contribution >= 0.6 is 0 Å². The maximum absolute atomic E-state index is 14.5. The fourth-order valence-corrected chi connectivity index (χ4v) is 9.72. The predicted octanol–water partition coefficient (Wildman–Crippen LogP) is 5.56. The molecule has 0 aromatic heterocycles. The average Bonchev–Trinajstić information content (AvgIpc) is 3.76. The lowest BCUT2D eigenvalue weighted by Crippen LogP contribution is -2.60. The number of nitrogens with one attached hydrogen (secondary N) is 2. The van der Waals surface area contributed by atoms with E-state index in [9.17, 15) is 36.9 Å². The Hall–Kier alpha value is -4.68. The smallest absolute Gasteiger partial charge is 0.303 e. The summed E-state index contributed by atoms with van der Waals surface area (Å²) in [6, 6.07) is 12.5. The Labute approximate surface area is 398 Å². The van der Waals surface area contributed by atoms with Gasteiger partial charge in [0.1, 0.15) is 6.04 Å². The molecule has 0 saturated carbocycles. The molecule has 1 saturated heterocycles. The SMILES string of the molecule is CC[C@H](C)[C@@H]([C@@H](CC(=O)N1CCC[C@H]1[C@H](OC)[C@@H](C)C(=O)N[C@H](C=Cc1ccc(S(=O)(=O)O)cc1)Cc1ccccc1)OC)N(C)C(=O)[C@@H](NC(=O)[C@H](C(C)C)N(C)CCCC(=O)O)C(C)C. The minimum absolute atomic E-state index is 0.0169. The average molecular weight is 956 g/mol. The van der Waals surface area contributed by atoms with Crippen LogP contribution in [0.4, 0.5) is 0 Å². The van der Waals surface area contributed by atoms with Gasteiger partial charge < -0.3 is 35.0 Å². The number of aliphatic carboxylic acids is 1. The Kier molecular flexibility index (Phi) is 22.6. The topological polar surface area (TPSA) is 212 Å². The summed E-state index contributed by atoms with van der Waals surface area (Å²) in [5, 5.41) is 15.3. The van der Waals surface area contributed by atoms with E-state index < -0.39 is 64.4 Å². The van der Waals surface area contributed by atoms with E-state index in [-0.39, 0.29) is 59.1 Å². The molecule has 2 aromatic carbocycles. The van der Waals surface area contributed by atoms with E-state index >= 15 is 0 Å². The van der Waals surface area contributed by atoms with E-state index in [0.717, 1.165) is 5.56 Å². The van der Waals surface area contributed by atoms with Crippen molar-refractivity contribution < 1.29 is 51.5 Å². The molecule has 1 heterocycles. The monoisotopic (exact) mass is 956 g/mol. The largest absolute Gasteiger partial charge is 0.481 e. The minimum Gasteiger partial charge on any atom is -0.481 e. The molecule has 0 unspecified atom stereocenters. The molecule has 16 nitrogen and oxygen atoms in total. The van der Waals surface area contributed by atoms with Gasteiger partial charge in [-0.1, -0.05) is 110 Å². The summed E-state index contributed by atoms with van der Waals surface area (Å²) in [6.07, 6.45) is 5.02. The number of nitrogens with zero attached hydrogens (tertiary/aromatic N) is 3. The zero-order chi connectivity index (χ0) is 50.2. The van der Waals surface area contributed by atoms with Gasteiger partial charge in [-0.2, -0.15) is 8.42 Å². The van der Waals surface area contributed by atoms with Gasteiger partial charge in [0.15, 0.2) is 0 Å². The van der Waals surface area contributed by atoms with Crippen LogP contribution in [0.5, 0.6) is 0 Å². The van der Waals surface area contributed by atoms with Gasteiger partial charge in [-0.15, -0.1) is 0 Å². The molecule has 0 radical (unpaired) electrons. The molecule has 374 valence electrons. The highest BCUT2D eigenvalue weighted by Gasteiger charge is 2.43. The Morgan fingerprint density at radius 3 is 2.07 bits per heavy atom. The van der Waals surface area contributed by atoms with Gasteiger partial charge in [-0.3, -0.25) is 33.4 Å². The highest BCUT2D eigenvalue weighted by Crippen LogP contribution is 2.30. The molecule has 1 aliphatic rings. The molecule has 1 fully saturated rings. The van der Waals surface area contributed by atoms with E-state index in [1.54, 1.807) is 49.0 Å². The second-order valence-corrected chi connectivity index (χ2v) is 20.1. The predicted molar refractivity (Wildman–Crippen MR) is 258 cm³/mol. The van der Waals surface area contributed by atoms with Crippen LogP contribution in [0.3, 0.4) is 0 Å². The number of carbonyl (C=O) groups excluding carboxylic acids is 4. The van der Waals surface area contributed by atoms with Crippen LogP contribution in [0.15, 0.2) is 65.6 Å². The number of amides is 4. The van der Waals surface area contributed by atoms with Gasteiger partial charge in [-0.25, -0.2) is 0 Å². The molecule has 2 aromatic rings. The Morgan fingerprint density at radius 1 is 0.896 bits per heavy atom. The minimum atomic E-state index is -4.35. The zero-order valence-electron chi connectivity index (χ0n) is 41.4. The third-order valence-electron chi connectivity index (χ3n) is 13.1. The number of carboxylic acids is 1. The molecule has 4 N–H and O–H groups in total. The molecule has 9 atom stereocenters. The molecule has 0 spiro atoms. The molecular formula is C50H77N5O11S. The lowest BCUT2D eigenvalue weighted by molar-refractivity contribution is -0.148. The first-order valence-electron chi connectivity index (χ1n) is 23.5. The third-order valence-corrected chi connectivity index (χ3v) is 14.0. The summed E-state index contributed by atoms with van der Waals surface area (Å²) in [7, 11) is 2.19. The molecule has 67 heavy (non-hydrogen) atoms. The summed E-state index contributed by atoms with van der Waals surface area (Å²) in [5.74, 6) is -3.18. The standard InChI is InChI=1S/C50H77N5O11S/c1-12-34(6)46(54(9)50(61)44(32(2)3)52-49(60)45(33(4)5)53(8)28-17-21-43(57)58)41(65-10)31-42(56)55-29-16-20-40(55)47(66-11)35(7)48(59)51-38(30-37-18-14-13-15-19-37)25-22-36-23-26-39(27-24-36)67(62,63)64/h13-15,18-19,22-27,32-35,38,40-41,44-47H,12,16-17,20-21,28-31H2,1-11H3,(H,51,59)(H,52,60)(H,57,58)(H,62,63,64)/t34-,35+,38+,40-,41+,44-,45-,46-,47+/m0/s1. The molecular weight excluding hydrogens is 879 g/mol. The molecule has 0 aliphatic carbocycles. The van der Waals surface area contributed by atoms with Crippen molar-refractivity contribution in [2.75, 3.05) is 41.4 Å². The quantitative estimate of drug-likeness (QED) is 0.0812. The second-order valence-electron chi connectivity index (χ2n) is 18.7. The van der Waals surface area contributed by atoms with Gasteiger partial charge in [0.25, 0.3) is 10.1 Å². The fraction of sp³-hybridized carbons (Fsp3) is 0.620. The maximum Gasteiger partial charge on any atom is 0.303 e. The summed E-state index contributed by atoms with van der Waals surface area (Å²) < 4.78 is 44.6. The van der Waals surface area contributed by atoms with Crippen LogP contribution in [-0.4, -0.2) is 146 Å². The first kappa shape index (κ1) is 56.6. The van der Waals surface area contributed by atoms with Gasteiger partial charge in [0.05, 0.1) is 53.6 Å². The van der Waals surface area contributed by atoms with Crippen molar-refractivity contribution in [3.05, 3.63) is 71.8 Å². The third kappa shape index (κ3) is 16.5. The highest BCUT2D eigenvalue weighted by atomic mass is 32.2. The molecule has 0 bridgehead atoms. The lowest BCUT2D eigenvalue weighted by atomic mass is 9.89. The number of likely N-dealkylation sites (tertiary alicyclic amines) is 1. The summed E-state index contributed by atoms with van der Waals surface area (Å²) in [5.41, 5.74) is 1.65. The Balaban J connectivity index is 1.81. The van der Waals surface area contributed by atoms with Crippen molar-refractivity contribution in [3.8, 4) is 0 Å². The second kappa shape index (κ2) is 26.8. The number of ether oxygens (including phenoxy) is 2. The highest BCUT2D eigenvalue weighted by molar-refractivity contribution is 7.85. The van der Waals surface area contributed by atoms with Crippen LogP contribution in [0, 0.1) is 23.7 Å². The van der Waals surface area contributed by atoms with E-state index in [0.29, 0.717) is 50.8 Å². The Morgan fingerprint density at radius 2 is 1.54 bits per heavy atom. The van der Waals surface area contributed by atoms with Crippen molar-refractivity contribution >= 4 is 45.8 Å². The zero-order valence-corrected chi connectivity index (χ0v) is 42.2. The van der Waals surface area contributed by atoms with Crippen LogP contribution in [-0.2, 0) is 50.0 Å². The van der Waals surface area contributed by atoms with Crippen LogP contribution in [0.2, 0.25) is 0 Å². The van der Waals surface area contributed by atoms with Crippen molar-refractivity contribution in [2.45, 2.75) is 141 Å². The molecule has 4 amide bonds. The van der Waals surface area contributed by atoms with Crippen molar-refractivity contribution in [1.29, 1.82) is 0 Å². The number of carbonyl (C=O) groups is 5. The number of likely N-dealkylation sites (N-methyl/N-ethyl adjacent to an activating group) is 2. The van der Waals surface area contributed by atoms with Gasteiger partial charge in [0, 0.05) is 34.2 Å². The van der Waals surface area contributed by atoms with Crippen molar-refractivity contribution in [1.82, 2.24) is 25.3 Å². The summed E-state index contributed by atoms with van der Waals surface area (Å²) >= 11 is 0. The van der Waals surface area contributed by atoms with Gasteiger partial charge in [-0.05, 0) is 80.3 Å². The van der Waals surface area contributed by atoms with Crippen LogP contribution < -0.4 is 10.6 Å². The van der Waals surface area contributed by atoms with Crippen LogP contribution in [0.1, 0.15) is 98.1 Å². The number of benzene rings is 2. The first-order chi connectivity index (χ1) is 31.5. The van der Waals surface area contributed by atoms with E-state index in [1.807, 2.05) is 82.9 Å². The molecule has 3 rings (SSSR count). The molecule has 17 heteroatoms. The number of hydrogen-bond donors (Lipinski definition) is 4. The van der Waals surface area contributed by atoms with Crippen molar-refractivity contribution in [3.63, 3.8) is 0 Å². The van der Waals surface area contributed by atoms with Crippen LogP contribution in [0.25, 0.3) is 6.08 Å². The first-order valence-corrected chi connectivity index (χ1v) is 24.9. The summed E-state index contributed by atoms with van der Waals surface area (Å²) in [4.78, 5) is 73.1. The Bertz CT molecular complexity index is 2050. The molecule has 1 aliphatic heterocycles. The number of methoxy groups -OCH3 is 2. The van der Waals surface area contributed by atoms with E-state index in [1.165, 1.54) is 26.4 Å². The van der Waals surface area contributed by atoms with Gasteiger partial charge >= 0.3 is 5.97 Å². The number of carboxylic acid groups (broad SMARTS) is 1. The lowest BCUT2D eigenvalue weighted by Gasteiger charge is -2.41. The summed E-state index contributed by atoms with van der Waals surface area (Å²) in [6.45, 7) is 14.2. The maximum atomic E-state index is 14.5. The number of hydrogen-bond acceptors (Lipinski definition) is 10. The van der Waals surface area contributed by atoms with E-state index in [4.69, 9.17) is 14.6 Å². The normalized spacial score (nSPS) is 18.0. The van der Waals surface area contributed by atoms with Crippen molar-refractivity contribution in [2.24, 2.45) is 23.7 Å². The fourth-order valence-electron chi connectivity index (χ4n) is 9.24. The van der Waals surface area contributed by atoms with E-state index in [2.05, 4.69) is 10.6 Å². The number of rotatable bonds is 27.